The van der Waals surface area contributed by atoms with Gasteiger partial charge in [-0.1, -0.05) is 20.8 Å². The van der Waals surface area contributed by atoms with E-state index < -0.39 is 24.2 Å². The summed E-state index contributed by atoms with van der Waals surface area (Å²) in [6.07, 6.45) is -6.26. The van der Waals surface area contributed by atoms with Crippen LogP contribution in [0.4, 0.5) is 13.2 Å². The number of halogens is 3. The van der Waals surface area contributed by atoms with E-state index in [0.717, 1.165) is 0 Å². The van der Waals surface area contributed by atoms with Crippen LogP contribution in [-0.2, 0) is 9.53 Å². The van der Waals surface area contributed by atoms with Crippen LogP contribution in [0.15, 0.2) is 0 Å². The maximum Gasteiger partial charge on any atom is 0.416 e. The third-order valence-electron chi connectivity index (χ3n) is 2.36. The molecule has 1 heterocycles. The number of hydrogen-bond acceptors (Lipinski definition) is 2. The normalized spacial score (nSPS) is 23.4. The Balaban J connectivity index is 2.68. The maximum atomic E-state index is 12.4. The van der Waals surface area contributed by atoms with Crippen molar-refractivity contribution in [2.24, 2.45) is 5.41 Å². The second-order valence-electron chi connectivity index (χ2n) is 4.90. The molecule has 0 saturated carbocycles. The third-order valence-corrected chi connectivity index (χ3v) is 2.36. The standard InChI is InChI=1S/C10H16F3NO2/c1-9(2,3)8(15)14-4-5-16-7(6-14)10(11,12)13/h7H,4-6H2,1-3H3. The Morgan fingerprint density at radius 3 is 2.31 bits per heavy atom. The summed E-state index contributed by atoms with van der Waals surface area (Å²) < 4.78 is 41.9. The monoisotopic (exact) mass is 239 g/mol. The first-order valence-electron chi connectivity index (χ1n) is 5.10. The van der Waals surface area contributed by atoms with Gasteiger partial charge in [-0.3, -0.25) is 4.79 Å². The Morgan fingerprint density at radius 2 is 1.88 bits per heavy atom. The van der Waals surface area contributed by atoms with E-state index in [9.17, 15) is 18.0 Å². The Hall–Kier alpha value is -0.780. The molecule has 1 saturated heterocycles. The van der Waals surface area contributed by atoms with E-state index in [4.69, 9.17) is 0 Å². The van der Waals surface area contributed by atoms with Crippen molar-refractivity contribution in [2.45, 2.75) is 33.1 Å². The molecular weight excluding hydrogens is 223 g/mol. The average molecular weight is 239 g/mol. The number of morpholine rings is 1. The molecule has 0 spiro atoms. The van der Waals surface area contributed by atoms with Gasteiger partial charge < -0.3 is 9.64 Å². The average Bonchev–Trinajstić information content (AvgIpc) is 2.14. The van der Waals surface area contributed by atoms with Crippen molar-refractivity contribution in [3.8, 4) is 0 Å². The summed E-state index contributed by atoms with van der Waals surface area (Å²) in [7, 11) is 0. The van der Waals surface area contributed by atoms with Gasteiger partial charge >= 0.3 is 6.18 Å². The van der Waals surface area contributed by atoms with Gasteiger partial charge in [-0.2, -0.15) is 13.2 Å². The van der Waals surface area contributed by atoms with Crippen molar-refractivity contribution >= 4 is 5.91 Å². The van der Waals surface area contributed by atoms with Crippen molar-refractivity contribution in [3.05, 3.63) is 0 Å². The maximum absolute atomic E-state index is 12.4. The van der Waals surface area contributed by atoms with Crippen molar-refractivity contribution in [3.63, 3.8) is 0 Å². The minimum atomic E-state index is -4.41. The van der Waals surface area contributed by atoms with Crippen LogP contribution in [0.25, 0.3) is 0 Å². The van der Waals surface area contributed by atoms with Crippen LogP contribution in [0, 0.1) is 5.41 Å². The van der Waals surface area contributed by atoms with Crippen molar-refractivity contribution in [1.29, 1.82) is 0 Å². The zero-order valence-electron chi connectivity index (χ0n) is 9.60. The van der Waals surface area contributed by atoms with E-state index in [-0.39, 0.29) is 19.1 Å². The molecule has 1 aliphatic heterocycles. The molecule has 1 fully saturated rings. The predicted octanol–water partition coefficient (Wildman–Crippen LogP) is 1.82. The fourth-order valence-electron chi connectivity index (χ4n) is 1.51. The van der Waals surface area contributed by atoms with E-state index in [1.165, 1.54) is 4.90 Å². The Bertz CT molecular complexity index is 270. The number of ether oxygens (including phenoxy) is 1. The van der Waals surface area contributed by atoms with E-state index in [1.807, 2.05) is 0 Å². The van der Waals surface area contributed by atoms with Crippen molar-refractivity contribution in [1.82, 2.24) is 4.90 Å². The lowest BCUT2D eigenvalue weighted by Gasteiger charge is -2.36. The second kappa shape index (κ2) is 4.24. The number of amides is 1. The number of carbonyl (C=O) groups excluding carboxylic acids is 1. The quantitative estimate of drug-likeness (QED) is 0.645. The minimum absolute atomic E-state index is 0.0635. The van der Waals surface area contributed by atoms with Gasteiger partial charge in [0.1, 0.15) is 0 Å². The van der Waals surface area contributed by atoms with Gasteiger partial charge in [-0.15, -0.1) is 0 Å². The lowest BCUT2D eigenvalue weighted by atomic mass is 9.94. The molecule has 6 heteroatoms. The lowest BCUT2D eigenvalue weighted by Crippen LogP contribution is -2.53. The van der Waals surface area contributed by atoms with E-state index in [2.05, 4.69) is 4.74 Å². The first-order valence-corrected chi connectivity index (χ1v) is 5.10. The summed E-state index contributed by atoms with van der Waals surface area (Å²) in [6.45, 7) is 4.82. The van der Waals surface area contributed by atoms with Gasteiger partial charge in [0.2, 0.25) is 5.91 Å². The van der Waals surface area contributed by atoms with Crippen LogP contribution < -0.4 is 0 Å². The van der Waals surface area contributed by atoms with Crippen molar-refractivity contribution in [2.75, 3.05) is 19.7 Å². The molecular formula is C10H16F3NO2. The summed E-state index contributed by atoms with van der Waals surface area (Å²) >= 11 is 0. The highest BCUT2D eigenvalue weighted by Gasteiger charge is 2.45. The van der Waals surface area contributed by atoms with E-state index in [1.54, 1.807) is 20.8 Å². The minimum Gasteiger partial charge on any atom is -0.365 e. The molecule has 0 aromatic heterocycles. The molecule has 3 nitrogen and oxygen atoms in total. The molecule has 1 amide bonds. The third kappa shape index (κ3) is 3.10. The smallest absolute Gasteiger partial charge is 0.365 e. The summed E-state index contributed by atoms with van der Waals surface area (Å²) in [5, 5.41) is 0. The van der Waals surface area contributed by atoms with Gasteiger partial charge in [0.15, 0.2) is 6.10 Å². The van der Waals surface area contributed by atoms with E-state index >= 15 is 0 Å². The first kappa shape index (κ1) is 13.3. The number of hydrogen-bond donors (Lipinski definition) is 0. The molecule has 16 heavy (non-hydrogen) atoms. The van der Waals surface area contributed by atoms with Crippen LogP contribution in [0.5, 0.6) is 0 Å². The van der Waals surface area contributed by atoms with Gasteiger partial charge in [-0.25, -0.2) is 0 Å². The Kier molecular flexibility index (Phi) is 3.52. The van der Waals surface area contributed by atoms with Gasteiger partial charge in [-0.05, 0) is 0 Å². The van der Waals surface area contributed by atoms with Gasteiger partial charge in [0.25, 0.3) is 0 Å². The van der Waals surface area contributed by atoms with E-state index in [0.29, 0.717) is 0 Å². The molecule has 0 radical (unpaired) electrons. The Morgan fingerprint density at radius 1 is 1.31 bits per heavy atom. The van der Waals surface area contributed by atoms with Crippen molar-refractivity contribution < 1.29 is 22.7 Å². The topological polar surface area (TPSA) is 29.5 Å². The number of carbonyl (C=O) groups is 1. The molecule has 1 rings (SSSR count). The molecule has 0 aromatic rings. The molecule has 0 N–H and O–H groups in total. The molecule has 94 valence electrons. The fraction of sp³-hybridized carbons (Fsp3) is 0.900. The van der Waals surface area contributed by atoms with Crippen LogP contribution in [0.3, 0.4) is 0 Å². The molecule has 1 aliphatic rings. The molecule has 0 aromatic carbocycles. The summed E-state index contributed by atoms with van der Waals surface area (Å²) in [5.74, 6) is -0.273. The SMILES string of the molecule is CC(C)(C)C(=O)N1CCOC(C(F)(F)F)C1. The number of rotatable bonds is 0. The summed E-state index contributed by atoms with van der Waals surface area (Å²) in [4.78, 5) is 13.0. The predicted molar refractivity (Wildman–Crippen MR) is 51.8 cm³/mol. The fourth-order valence-corrected chi connectivity index (χ4v) is 1.51. The van der Waals surface area contributed by atoms with Crippen LogP contribution >= 0.6 is 0 Å². The van der Waals surface area contributed by atoms with Gasteiger partial charge in [0, 0.05) is 12.0 Å². The zero-order chi connectivity index (χ0) is 12.6. The van der Waals surface area contributed by atoms with Crippen LogP contribution in [-0.4, -0.2) is 42.8 Å². The summed E-state index contributed by atoms with van der Waals surface area (Å²) in [6, 6.07) is 0. The largest absolute Gasteiger partial charge is 0.416 e. The molecule has 0 bridgehead atoms. The Labute approximate surface area is 92.5 Å². The second-order valence-corrected chi connectivity index (χ2v) is 4.90. The van der Waals surface area contributed by atoms with Crippen LogP contribution in [0.2, 0.25) is 0 Å². The molecule has 1 unspecified atom stereocenters. The zero-order valence-corrected chi connectivity index (χ0v) is 9.60. The molecule has 1 atom stereocenters. The van der Waals surface area contributed by atoms with Gasteiger partial charge in [0.05, 0.1) is 13.2 Å². The highest BCUT2D eigenvalue weighted by atomic mass is 19.4. The highest BCUT2D eigenvalue weighted by molar-refractivity contribution is 5.81. The highest BCUT2D eigenvalue weighted by Crippen LogP contribution is 2.27. The number of nitrogens with zero attached hydrogens (tertiary/aromatic N) is 1. The number of alkyl halides is 3. The summed E-state index contributed by atoms with van der Waals surface area (Å²) in [5.41, 5.74) is -0.659. The lowest BCUT2D eigenvalue weighted by molar-refractivity contribution is -0.237. The van der Waals surface area contributed by atoms with Crippen LogP contribution in [0.1, 0.15) is 20.8 Å². The molecule has 0 aliphatic carbocycles. The first-order chi connectivity index (χ1) is 7.12.